The van der Waals surface area contributed by atoms with E-state index in [1.165, 1.54) is 31.1 Å². The van der Waals surface area contributed by atoms with Crippen LogP contribution in [-0.2, 0) is 66.6 Å². The Bertz CT molecular complexity index is 2450. The molecule has 8 heterocycles. The number of rotatable bonds is 15. The third-order valence-electron chi connectivity index (χ3n) is 16.1. The molecule has 0 aromatic rings. The van der Waals surface area contributed by atoms with Crippen molar-refractivity contribution in [1.82, 2.24) is 5.32 Å². The molecule has 34 heteroatoms. The molecule has 0 saturated carbocycles. The number of amides is 1. The summed E-state index contributed by atoms with van der Waals surface area (Å²) in [5, 5.41) is 62.7. The Morgan fingerprint density at radius 1 is 0.636 bits per heavy atom. The number of nitrogens with one attached hydrogen (secondary N) is 2. The molecule has 110 heavy (non-hydrogen) atoms. The Morgan fingerprint density at radius 3 is 1.39 bits per heavy atom. The third-order valence-corrected chi connectivity index (χ3v) is 20.3. The number of nitrogens with zero attached hydrogens (tertiary/aromatic N) is 1. The normalized spacial score (nSPS) is 26.9. The number of hydrogen-bond donors (Lipinski definition) is 7. The van der Waals surface area contributed by atoms with Crippen LogP contribution in [0.2, 0.25) is 18.1 Å². The van der Waals surface area contributed by atoms with Crippen molar-refractivity contribution in [3.63, 3.8) is 0 Å². The second-order valence-corrected chi connectivity index (χ2v) is 35.0. The summed E-state index contributed by atoms with van der Waals surface area (Å²) in [5.74, 6) is 0.218. The molecule has 628 valence electrons. The quantitative estimate of drug-likeness (QED) is 0.0142. The maximum Gasteiger partial charge on any atom is 1.00 e. The third kappa shape index (κ3) is 72.5. The first-order valence-corrected chi connectivity index (χ1v) is 41.9. The average molecular weight is 1780 g/mol. The Morgan fingerprint density at radius 2 is 1.08 bits per heavy atom. The zero-order chi connectivity index (χ0) is 82.6. The van der Waals surface area contributed by atoms with Crippen molar-refractivity contribution in [2.75, 3.05) is 52.9 Å². The van der Waals surface area contributed by atoms with E-state index in [2.05, 4.69) is 84.7 Å². The minimum atomic E-state index is -1.92. The topological polar surface area (TPSA) is 371 Å². The molecule has 0 aromatic carbocycles. The van der Waals surface area contributed by atoms with Crippen molar-refractivity contribution in [2.45, 2.75) is 298 Å². The number of hydrogen-bond acceptors (Lipinski definition) is 23. The van der Waals surface area contributed by atoms with Crippen LogP contribution < -0.4 is 181 Å². The van der Waals surface area contributed by atoms with E-state index in [9.17, 15) is 14.7 Å². The Hall–Kier alpha value is 1.66. The van der Waals surface area contributed by atoms with Crippen LogP contribution in [0.1, 0.15) is 178 Å². The molecule has 0 unspecified atom stereocenters. The smallest absolute Gasteiger partial charge is 1.00 e. The molecular weight excluding hydrogens is 1640 g/mol. The van der Waals surface area contributed by atoms with Gasteiger partial charge >= 0.3 is 160 Å². The van der Waals surface area contributed by atoms with Gasteiger partial charge in [0.15, 0.2) is 5.90 Å². The van der Waals surface area contributed by atoms with E-state index in [1.54, 1.807) is 58.3 Å². The summed E-state index contributed by atoms with van der Waals surface area (Å²) >= 11 is 30.9. The van der Waals surface area contributed by atoms with Crippen LogP contribution in [0, 0.1) is 28.6 Å². The van der Waals surface area contributed by atoms with Gasteiger partial charge in [-0.25, -0.2) is 0 Å². The summed E-state index contributed by atoms with van der Waals surface area (Å²) in [6.07, 6.45) is 35.7. The van der Waals surface area contributed by atoms with Gasteiger partial charge in [0.25, 0.3) is 20.0 Å². The second-order valence-electron chi connectivity index (χ2n) is 26.2. The average Bonchev–Trinajstić information content (AvgIpc) is 0.864. The molecule has 1 saturated heterocycles. The summed E-state index contributed by atoms with van der Waals surface area (Å²) in [6, 6.07) is 6.07. The molecule has 17 atom stereocenters. The fraction of sp³-hybridized carbons (Fsp3) is 0.750. The van der Waals surface area contributed by atoms with E-state index in [0.29, 0.717) is 63.3 Å². The fourth-order valence-electron chi connectivity index (χ4n) is 9.80. The van der Waals surface area contributed by atoms with Gasteiger partial charge in [-0.3, -0.25) is 19.8 Å². The van der Waals surface area contributed by atoms with Crippen LogP contribution in [0.5, 0.6) is 0 Å². The van der Waals surface area contributed by atoms with Gasteiger partial charge in [-0.05, 0) is 69.9 Å². The van der Waals surface area contributed by atoms with Gasteiger partial charge in [0.2, 0.25) is 0 Å². The van der Waals surface area contributed by atoms with Gasteiger partial charge in [0, 0.05) is 48.0 Å². The van der Waals surface area contributed by atoms with Crippen molar-refractivity contribution < 1.29 is 249 Å². The number of alkyl halides is 6. The maximum absolute atomic E-state index is 11.3. The molecule has 1 amide bonds. The number of nitrogens with two attached hydrogens (primary N) is 2. The van der Waals surface area contributed by atoms with Crippen molar-refractivity contribution in [3.8, 4) is 6.07 Å². The minimum Gasteiger partial charge on any atom is -1.00 e. The summed E-state index contributed by atoms with van der Waals surface area (Å²) in [5.41, 5.74) is 10.4. The van der Waals surface area contributed by atoms with E-state index in [1.807, 2.05) is 63.3 Å². The molecule has 0 aromatic heterocycles. The number of carbonyl (C=O) groups excluding carboxylic acids is 3. The van der Waals surface area contributed by atoms with Crippen molar-refractivity contribution >= 4 is 103 Å². The van der Waals surface area contributed by atoms with E-state index >= 15 is 0 Å². The molecule has 24 nitrogen and oxygen atoms in total. The summed E-state index contributed by atoms with van der Waals surface area (Å²) in [6.45, 7) is 37.9. The van der Waals surface area contributed by atoms with Crippen molar-refractivity contribution in [1.29, 1.82) is 10.7 Å². The van der Waals surface area contributed by atoms with Gasteiger partial charge < -0.3 is 96.2 Å². The molecule has 1 fully saturated rings. The molecule has 8 rings (SSSR count). The number of ether oxygens (including phenoxy) is 10. The number of aliphatic hydroxyl groups is 3. The van der Waals surface area contributed by atoms with Crippen LogP contribution in [0.4, 0.5) is 0 Å². The number of aliphatic hydroxyl groups excluding tert-OH is 3. The zero-order valence-electron chi connectivity index (χ0n) is 70.4. The van der Waals surface area contributed by atoms with E-state index < -0.39 is 31.3 Å². The number of nitriles is 1. The van der Waals surface area contributed by atoms with Crippen LogP contribution in [0.25, 0.3) is 0 Å². The van der Waals surface area contributed by atoms with Gasteiger partial charge in [0.05, 0.1) is 108 Å². The monoisotopic (exact) mass is 1780 g/mol. The molecule has 0 radical (unpaired) electrons. The number of carbonyl (C=O) groups is 3. The predicted octanol–water partition coefficient (Wildman–Crippen LogP) is 3.50. The summed E-state index contributed by atoms with van der Waals surface area (Å²) in [7, 11) is -0.171. The molecule has 8 aliphatic heterocycles. The Balaban J connectivity index is -0.000000149. The summed E-state index contributed by atoms with van der Waals surface area (Å²) < 4.78 is 49.3. The Labute approximate surface area is 822 Å². The van der Waals surface area contributed by atoms with Crippen molar-refractivity contribution in [2.24, 2.45) is 23.3 Å². The van der Waals surface area contributed by atoms with Gasteiger partial charge in [-0.15, -0.1) is 5.60 Å². The molecule has 0 spiro atoms. The van der Waals surface area contributed by atoms with Gasteiger partial charge in [0.1, 0.15) is 36.6 Å². The molecule has 0 aliphatic carbocycles. The Kier molecular flexibility index (Phi) is 88.4. The maximum atomic E-state index is 11.3. The first-order valence-electron chi connectivity index (χ1n) is 37.1. The minimum absolute atomic E-state index is 0. The largest absolute Gasteiger partial charge is 1.00 e. The van der Waals surface area contributed by atoms with Crippen LogP contribution in [-0.4, -0.2) is 206 Å². The van der Waals surface area contributed by atoms with E-state index in [4.69, 9.17) is 164 Å². The van der Waals surface area contributed by atoms with Crippen LogP contribution >= 0.6 is 69.6 Å². The molecule has 9 N–H and O–H groups in total. The molecule has 8 aliphatic rings. The molecular formula is C76H136Cl6K3N5O19Si. The molecule has 0 bridgehead atoms. The van der Waals surface area contributed by atoms with Crippen LogP contribution in [0.3, 0.4) is 0 Å². The first kappa shape index (κ1) is 125. The van der Waals surface area contributed by atoms with Crippen molar-refractivity contribution in [3.05, 3.63) is 85.3 Å². The van der Waals surface area contributed by atoms with Gasteiger partial charge in [-0.1, -0.05) is 258 Å². The second kappa shape index (κ2) is 77.9. The van der Waals surface area contributed by atoms with Crippen LogP contribution in [0.15, 0.2) is 85.3 Å². The SMILES string of the molecule is CC(C)(C)[O-].CC[C@@H]1C=C[C@@H](N)CO1.CC[C@@H]1C=C[C@@H](NC(=O)C(Cl)(Cl)Cl)CO1.CC[C@@H]1CC[C@@H](N)CO1.CC[C@H]1OC=C[C@@H](OC(C)=O)[C@@H]1C.CC[C@H]1OCC=C[C@@H]1C.CC[C@H]1OCC=C[C@@H]1O.CC[C@H]1OCC=C[C@@H]1OC(C)=N.CC[SiH](CC)CC.N#CC(Cl)(Cl)Cl.O=CO[O-].OC[C@H]1OCC=C[C@@H]1O.[H-].[HH].[K+].[K+].[K+]. The predicted molar refractivity (Wildman–Crippen MR) is 432 cm³/mol. The van der Waals surface area contributed by atoms with E-state index in [-0.39, 0.29) is 251 Å². The van der Waals surface area contributed by atoms with E-state index in [0.717, 1.165) is 71.0 Å². The first-order chi connectivity index (χ1) is 50.3. The summed E-state index contributed by atoms with van der Waals surface area (Å²) in [4.78, 5) is 33.3. The van der Waals surface area contributed by atoms with Gasteiger partial charge in [-0.2, -0.15) is 5.26 Å². The number of esters is 1. The zero-order valence-corrected chi connectivity index (χ0v) is 84.5. The number of halogens is 6. The fourth-order valence-corrected chi connectivity index (χ4v) is 11.7. The standard InChI is InChI=1S/C10H16O3.C9H12Cl3NO2.C9H15NO2.C8H14O.C7H15NO.C7H13NO.C7H12O2.C6H10O3.C6H16Si.C4H9O.C2Cl3N.CH2O3.3K.H2.H/c1-4-9-7(2)10(5-6-12-9)13-8(3)11;1-2-7-4-3-6(5-15-7)13-8(14)9(10,11)12;1-3-8-9(12-7(2)10)5-4-6-11-8;1-3-8-7(2)5-4-6-9-8;2*1-2-7-4-3-6(8)5-9-7;1-2-7-6(8)4-3-5-9-7;7-4-6-5(8)2-1-3-9-6;1-4-7(5-2)6-3;1-4(2,3)5;3-2(4,5)1-6;2-1-4-3;;;;;/h5-7,9-10H,4H2,1-3H3;3-4,6-7H,2,5H2,1H3,(H,13,14);4-5,8-10H,3,6H2,1-2H3;4-5,7-8H,3,6H2,1-2H3;6-7H,2-5,8H2,1H3;3-4,6-7H,2,5,8H2,1H3;3-4,6-8H,2,5H2,1H3;1-2,5-8H,3-4H2;7H,4-6H2,1-3H3;1-3H3;;1,3H;;;;1H;/q;;;;;;;;;-1;;;3*+1;;-1/p-1/t7-,9-,10-;6-,7-;8-,9+;7-,8+;2*6-,7-;6-,7+;5-,6+;;;;;;;;;/m11101100........./s1.